The molecule has 0 saturated carbocycles. The average Bonchev–Trinajstić information content (AvgIpc) is 2.59. The fraction of sp³-hybridized carbons (Fsp3) is 0.333. The van der Waals surface area contributed by atoms with E-state index in [9.17, 15) is 9.59 Å². The Morgan fingerprint density at radius 1 is 0.962 bits per heavy atom. The number of para-hydroxylation sites is 1. The van der Waals surface area contributed by atoms with Gasteiger partial charge in [-0.1, -0.05) is 51.1 Å². The fourth-order valence-electron chi connectivity index (χ4n) is 2.29. The molecule has 138 valence electrons. The lowest BCUT2D eigenvalue weighted by atomic mass is 9.87. The first kappa shape index (κ1) is 19.5. The van der Waals surface area contributed by atoms with E-state index in [-0.39, 0.29) is 18.6 Å². The van der Waals surface area contributed by atoms with Crippen molar-refractivity contribution in [3.8, 4) is 5.75 Å². The summed E-state index contributed by atoms with van der Waals surface area (Å²) in [5.41, 5.74) is 2.82. The van der Waals surface area contributed by atoms with E-state index in [0.29, 0.717) is 11.4 Å². The number of ether oxygens (including phenoxy) is 2. The Balaban J connectivity index is 1.76. The molecular weight excluding hydrogens is 330 g/mol. The molecule has 0 bridgehead atoms. The van der Waals surface area contributed by atoms with Crippen molar-refractivity contribution >= 4 is 17.6 Å². The molecule has 1 N–H and O–H groups in total. The summed E-state index contributed by atoms with van der Waals surface area (Å²) in [5.74, 6) is -0.364. The smallest absolute Gasteiger partial charge is 0.344 e. The first-order chi connectivity index (χ1) is 12.3. The predicted molar refractivity (Wildman–Crippen MR) is 101 cm³/mol. The number of hydrogen-bond acceptors (Lipinski definition) is 4. The zero-order valence-corrected chi connectivity index (χ0v) is 15.7. The van der Waals surface area contributed by atoms with Crippen LogP contribution in [0.1, 0.15) is 31.9 Å². The molecule has 0 spiro atoms. The van der Waals surface area contributed by atoms with Crippen LogP contribution in [0, 0.1) is 6.92 Å². The normalized spacial score (nSPS) is 10.9. The van der Waals surface area contributed by atoms with Gasteiger partial charge in [0.25, 0.3) is 5.91 Å². The lowest BCUT2D eigenvalue weighted by Crippen LogP contribution is -2.23. The Morgan fingerprint density at radius 2 is 1.62 bits per heavy atom. The molecule has 1 amide bonds. The van der Waals surface area contributed by atoms with Crippen molar-refractivity contribution in [2.75, 3.05) is 18.5 Å². The van der Waals surface area contributed by atoms with Gasteiger partial charge in [0.1, 0.15) is 5.75 Å². The molecule has 5 heteroatoms. The van der Waals surface area contributed by atoms with Crippen molar-refractivity contribution in [3.63, 3.8) is 0 Å². The quantitative estimate of drug-likeness (QED) is 0.799. The number of carbonyl (C=O) groups is 2. The molecule has 0 unspecified atom stereocenters. The van der Waals surface area contributed by atoms with Crippen LogP contribution in [0.25, 0.3) is 0 Å². The van der Waals surface area contributed by atoms with Crippen molar-refractivity contribution in [1.29, 1.82) is 0 Å². The average molecular weight is 355 g/mol. The van der Waals surface area contributed by atoms with Gasteiger partial charge in [0, 0.05) is 5.69 Å². The van der Waals surface area contributed by atoms with Crippen LogP contribution < -0.4 is 10.1 Å². The molecule has 0 heterocycles. The second-order valence-corrected chi connectivity index (χ2v) is 7.09. The Bertz CT molecular complexity index is 760. The third-order valence-electron chi connectivity index (χ3n) is 3.84. The maximum Gasteiger partial charge on any atom is 0.344 e. The van der Waals surface area contributed by atoms with Gasteiger partial charge in [-0.2, -0.15) is 0 Å². The molecule has 0 aliphatic carbocycles. The molecular formula is C21H25NO4. The van der Waals surface area contributed by atoms with Crippen molar-refractivity contribution < 1.29 is 19.1 Å². The van der Waals surface area contributed by atoms with E-state index in [0.717, 1.165) is 5.56 Å². The van der Waals surface area contributed by atoms with E-state index in [1.807, 2.05) is 49.4 Å². The topological polar surface area (TPSA) is 64.6 Å². The number of esters is 1. The highest BCUT2D eigenvalue weighted by molar-refractivity contribution is 5.92. The van der Waals surface area contributed by atoms with E-state index in [1.165, 1.54) is 5.56 Å². The van der Waals surface area contributed by atoms with Gasteiger partial charge in [0.15, 0.2) is 13.2 Å². The van der Waals surface area contributed by atoms with Gasteiger partial charge in [-0.15, -0.1) is 0 Å². The molecule has 0 aliphatic heterocycles. The largest absolute Gasteiger partial charge is 0.482 e. The number of rotatable bonds is 6. The zero-order valence-electron chi connectivity index (χ0n) is 15.7. The summed E-state index contributed by atoms with van der Waals surface area (Å²) in [6, 6.07) is 15.0. The molecule has 0 aromatic heterocycles. The first-order valence-electron chi connectivity index (χ1n) is 8.50. The number of hydrogen-bond donors (Lipinski definition) is 1. The van der Waals surface area contributed by atoms with Crippen LogP contribution in [0.2, 0.25) is 0 Å². The number of benzene rings is 2. The molecule has 0 aliphatic rings. The van der Waals surface area contributed by atoms with E-state index in [2.05, 4.69) is 26.1 Å². The zero-order chi connectivity index (χ0) is 19.2. The monoisotopic (exact) mass is 355 g/mol. The summed E-state index contributed by atoms with van der Waals surface area (Å²) >= 11 is 0. The molecule has 2 aromatic carbocycles. The van der Waals surface area contributed by atoms with E-state index in [4.69, 9.17) is 9.47 Å². The molecule has 0 saturated heterocycles. The van der Waals surface area contributed by atoms with Gasteiger partial charge in [-0.25, -0.2) is 4.79 Å². The van der Waals surface area contributed by atoms with Crippen LogP contribution in [-0.2, 0) is 19.7 Å². The highest BCUT2D eigenvalue weighted by Crippen LogP contribution is 2.23. The van der Waals surface area contributed by atoms with Crippen molar-refractivity contribution in [1.82, 2.24) is 0 Å². The number of amides is 1. The molecule has 2 aromatic rings. The van der Waals surface area contributed by atoms with Gasteiger partial charge < -0.3 is 14.8 Å². The fourth-order valence-corrected chi connectivity index (χ4v) is 2.29. The van der Waals surface area contributed by atoms with Crippen LogP contribution in [0.15, 0.2) is 48.5 Å². The number of aryl methyl sites for hydroxylation is 1. The summed E-state index contributed by atoms with van der Waals surface area (Å²) in [6.45, 7) is 7.67. The molecule has 2 rings (SSSR count). The molecule has 5 nitrogen and oxygen atoms in total. The number of carbonyl (C=O) groups excluding carboxylic acids is 2. The van der Waals surface area contributed by atoms with Crippen molar-refractivity contribution in [3.05, 3.63) is 59.7 Å². The summed E-state index contributed by atoms with van der Waals surface area (Å²) in [7, 11) is 0. The number of anilines is 1. The second kappa shape index (κ2) is 8.52. The Morgan fingerprint density at radius 3 is 2.23 bits per heavy atom. The van der Waals surface area contributed by atoms with Gasteiger partial charge in [0.2, 0.25) is 0 Å². The Hall–Kier alpha value is -2.82. The molecule has 0 fully saturated rings. The van der Waals surface area contributed by atoms with Crippen LogP contribution in [-0.4, -0.2) is 25.1 Å². The van der Waals surface area contributed by atoms with E-state index < -0.39 is 11.9 Å². The minimum Gasteiger partial charge on any atom is -0.482 e. The SMILES string of the molecule is Cc1ccccc1OCC(=O)OCC(=O)Nc1ccc(C(C)(C)C)cc1. The third-order valence-corrected chi connectivity index (χ3v) is 3.84. The standard InChI is InChI=1S/C21H25NO4/c1-15-7-5-6-8-18(15)25-14-20(24)26-13-19(23)22-17-11-9-16(10-12-17)21(2,3)4/h5-12H,13-14H2,1-4H3,(H,22,23). The van der Waals surface area contributed by atoms with Gasteiger partial charge in [0.05, 0.1) is 0 Å². The molecule has 0 atom stereocenters. The van der Waals surface area contributed by atoms with E-state index >= 15 is 0 Å². The summed E-state index contributed by atoms with van der Waals surface area (Å²) in [4.78, 5) is 23.6. The molecule has 0 radical (unpaired) electrons. The van der Waals surface area contributed by atoms with Gasteiger partial charge in [-0.05, 0) is 41.7 Å². The number of nitrogens with one attached hydrogen (secondary N) is 1. The Kier molecular flexibility index (Phi) is 6.39. The summed E-state index contributed by atoms with van der Waals surface area (Å²) in [5, 5.41) is 2.70. The lowest BCUT2D eigenvalue weighted by molar-refractivity contribution is -0.149. The summed E-state index contributed by atoms with van der Waals surface area (Å²) < 4.78 is 10.3. The Labute approximate surface area is 154 Å². The molecule has 26 heavy (non-hydrogen) atoms. The summed E-state index contributed by atoms with van der Waals surface area (Å²) in [6.07, 6.45) is 0. The lowest BCUT2D eigenvalue weighted by Gasteiger charge is -2.19. The minimum atomic E-state index is -0.591. The van der Waals surface area contributed by atoms with Crippen molar-refractivity contribution in [2.24, 2.45) is 0 Å². The van der Waals surface area contributed by atoms with Crippen LogP contribution in [0.3, 0.4) is 0 Å². The second-order valence-electron chi connectivity index (χ2n) is 7.09. The third kappa shape index (κ3) is 5.92. The van der Waals surface area contributed by atoms with E-state index in [1.54, 1.807) is 6.07 Å². The highest BCUT2D eigenvalue weighted by atomic mass is 16.6. The highest BCUT2D eigenvalue weighted by Gasteiger charge is 2.14. The maximum absolute atomic E-state index is 11.9. The van der Waals surface area contributed by atoms with Crippen LogP contribution in [0.5, 0.6) is 5.75 Å². The van der Waals surface area contributed by atoms with Crippen molar-refractivity contribution in [2.45, 2.75) is 33.1 Å². The maximum atomic E-state index is 11.9. The van der Waals surface area contributed by atoms with Gasteiger partial charge in [-0.3, -0.25) is 4.79 Å². The van der Waals surface area contributed by atoms with Crippen LogP contribution >= 0.6 is 0 Å². The minimum absolute atomic E-state index is 0.0508. The van der Waals surface area contributed by atoms with Gasteiger partial charge >= 0.3 is 5.97 Å². The van der Waals surface area contributed by atoms with Crippen LogP contribution in [0.4, 0.5) is 5.69 Å². The first-order valence-corrected chi connectivity index (χ1v) is 8.50. The predicted octanol–water partition coefficient (Wildman–Crippen LogP) is 3.85.